The number of hydrogen-bond donors (Lipinski definition) is 2. The molecule has 1 heterocycles. The zero-order valence-corrected chi connectivity index (χ0v) is 10.5. The van der Waals surface area contributed by atoms with Crippen LogP contribution >= 0.6 is 0 Å². The quantitative estimate of drug-likeness (QED) is 0.832. The summed E-state index contributed by atoms with van der Waals surface area (Å²) >= 11 is 0. The zero-order chi connectivity index (χ0) is 12.6. The Labute approximate surface area is 101 Å². The first kappa shape index (κ1) is 12.2. The Kier molecular flexibility index (Phi) is 3.26. The summed E-state index contributed by atoms with van der Waals surface area (Å²) in [6.07, 6.45) is 0.105. The molecular weight excluding hydrogens is 218 g/mol. The minimum absolute atomic E-state index is 0.331. The number of aryl methyl sites for hydroxylation is 1. The van der Waals surface area contributed by atoms with Gasteiger partial charge in [0.1, 0.15) is 11.5 Å². The summed E-state index contributed by atoms with van der Waals surface area (Å²) in [7, 11) is 1.62. The van der Waals surface area contributed by atoms with Crippen molar-refractivity contribution in [2.45, 2.75) is 32.4 Å². The summed E-state index contributed by atoms with van der Waals surface area (Å²) in [5.74, 6) is 1.59. The minimum atomic E-state index is -0.712. The van der Waals surface area contributed by atoms with Crippen LogP contribution in [0.2, 0.25) is 0 Å². The monoisotopic (exact) mass is 237 g/mol. The van der Waals surface area contributed by atoms with E-state index in [0.29, 0.717) is 6.61 Å². The highest BCUT2D eigenvalue weighted by molar-refractivity contribution is 5.56. The first-order valence-corrected chi connectivity index (χ1v) is 5.83. The number of methoxy groups -OCH3 is 1. The number of ether oxygens (including phenoxy) is 2. The van der Waals surface area contributed by atoms with Gasteiger partial charge in [-0.05, 0) is 25.5 Å². The Balaban J connectivity index is 2.58. The third-order valence-corrected chi connectivity index (χ3v) is 3.20. The maximum Gasteiger partial charge on any atom is 0.132 e. The van der Waals surface area contributed by atoms with E-state index in [9.17, 15) is 5.11 Å². The lowest BCUT2D eigenvalue weighted by molar-refractivity contribution is 0.148. The highest BCUT2D eigenvalue weighted by Gasteiger charge is 2.27. The molecule has 0 fully saturated rings. The van der Waals surface area contributed by atoms with Crippen LogP contribution in [-0.4, -0.2) is 24.9 Å². The average molecular weight is 237 g/mol. The molecule has 0 aliphatic carbocycles. The summed E-state index contributed by atoms with van der Waals surface area (Å²) in [5, 5.41) is 10.2. The smallest absolute Gasteiger partial charge is 0.132 e. The van der Waals surface area contributed by atoms with Crippen LogP contribution in [0.3, 0.4) is 0 Å². The number of benzene rings is 1. The van der Waals surface area contributed by atoms with Gasteiger partial charge >= 0.3 is 0 Å². The molecule has 1 aromatic rings. The van der Waals surface area contributed by atoms with Gasteiger partial charge in [-0.3, -0.25) is 0 Å². The molecule has 94 valence electrons. The van der Waals surface area contributed by atoms with Gasteiger partial charge in [-0.1, -0.05) is 0 Å². The molecule has 0 radical (unpaired) electrons. The highest BCUT2D eigenvalue weighted by Crippen LogP contribution is 2.41. The first-order valence-electron chi connectivity index (χ1n) is 5.83. The summed E-state index contributed by atoms with van der Waals surface area (Å²) in [4.78, 5) is 0. The van der Waals surface area contributed by atoms with Gasteiger partial charge < -0.3 is 20.3 Å². The van der Waals surface area contributed by atoms with Crippen molar-refractivity contribution in [2.75, 3.05) is 13.7 Å². The van der Waals surface area contributed by atoms with Crippen LogP contribution < -0.4 is 15.2 Å². The number of aliphatic hydroxyl groups is 1. The number of fused-ring (bicyclic) bond motifs is 1. The van der Waals surface area contributed by atoms with Crippen molar-refractivity contribution in [3.8, 4) is 11.5 Å². The predicted octanol–water partition coefficient (Wildman–Crippen LogP) is 1.32. The van der Waals surface area contributed by atoms with Crippen molar-refractivity contribution in [1.82, 2.24) is 0 Å². The molecule has 2 unspecified atom stereocenters. The highest BCUT2D eigenvalue weighted by atomic mass is 16.5. The van der Waals surface area contributed by atoms with Crippen LogP contribution in [0.4, 0.5) is 0 Å². The molecule has 1 aliphatic rings. The molecule has 0 aromatic heterocycles. The van der Waals surface area contributed by atoms with Crippen LogP contribution in [-0.2, 0) is 6.42 Å². The summed E-state index contributed by atoms with van der Waals surface area (Å²) < 4.78 is 11.0. The van der Waals surface area contributed by atoms with E-state index < -0.39 is 6.10 Å². The third kappa shape index (κ3) is 1.98. The van der Waals surface area contributed by atoms with Crippen molar-refractivity contribution < 1.29 is 14.6 Å². The van der Waals surface area contributed by atoms with Crippen LogP contribution in [0.1, 0.15) is 29.7 Å². The minimum Gasteiger partial charge on any atom is -0.496 e. The molecule has 17 heavy (non-hydrogen) atoms. The molecule has 0 amide bonds. The number of hydrogen-bond acceptors (Lipinski definition) is 4. The lowest BCUT2D eigenvalue weighted by Crippen LogP contribution is -2.25. The van der Waals surface area contributed by atoms with Crippen LogP contribution in [0, 0.1) is 6.92 Å². The van der Waals surface area contributed by atoms with E-state index >= 15 is 0 Å². The van der Waals surface area contributed by atoms with Crippen molar-refractivity contribution >= 4 is 0 Å². The van der Waals surface area contributed by atoms with Gasteiger partial charge in [-0.15, -0.1) is 0 Å². The molecule has 2 rings (SSSR count). The van der Waals surface area contributed by atoms with E-state index in [1.54, 1.807) is 14.0 Å². The lowest BCUT2D eigenvalue weighted by atomic mass is 9.94. The molecule has 0 spiro atoms. The van der Waals surface area contributed by atoms with Crippen LogP contribution in [0.5, 0.6) is 11.5 Å². The van der Waals surface area contributed by atoms with Crippen molar-refractivity contribution in [2.24, 2.45) is 5.73 Å². The van der Waals surface area contributed by atoms with E-state index in [1.165, 1.54) is 0 Å². The largest absolute Gasteiger partial charge is 0.496 e. The molecule has 2 atom stereocenters. The third-order valence-electron chi connectivity index (χ3n) is 3.20. The second-order valence-electron chi connectivity index (χ2n) is 4.52. The summed E-state index contributed by atoms with van der Waals surface area (Å²) in [5.41, 5.74) is 8.54. The number of aliphatic hydroxyl groups excluding tert-OH is 1. The fourth-order valence-corrected chi connectivity index (χ4v) is 2.31. The Morgan fingerprint density at radius 3 is 2.82 bits per heavy atom. The molecule has 1 aliphatic heterocycles. The van der Waals surface area contributed by atoms with Crippen LogP contribution in [0.15, 0.2) is 6.07 Å². The Bertz CT molecular complexity index is 429. The maximum absolute atomic E-state index is 10.2. The molecule has 1 aromatic carbocycles. The fraction of sp³-hybridized carbons (Fsp3) is 0.538. The van der Waals surface area contributed by atoms with E-state index in [1.807, 2.05) is 13.0 Å². The maximum atomic E-state index is 10.2. The normalized spacial score (nSPS) is 17.2. The van der Waals surface area contributed by atoms with Gasteiger partial charge in [0.25, 0.3) is 0 Å². The van der Waals surface area contributed by atoms with E-state index in [-0.39, 0.29) is 6.04 Å². The molecular formula is C13H19NO3. The van der Waals surface area contributed by atoms with Crippen molar-refractivity contribution in [3.05, 3.63) is 22.8 Å². The van der Waals surface area contributed by atoms with Gasteiger partial charge in [-0.2, -0.15) is 0 Å². The number of nitrogens with two attached hydrogens (primary N) is 1. The van der Waals surface area contributed by atoms with Gasteiger partial charge in [0.05, 0.1) is 19.8 Å². The van der Waals surface area contributed by atoms with Crippen molar-refractivity contribution in [1.29, 1.82) is 0 Å². The second-order valence-corrected chi connectivity index (χ2v) is 4.52. The SMILES string of the molecule is COc1c2c(cc(C)c1C(O)C(C)N)OCC2. The zero-order valence-electron chi connectivity index (χ0n) is 10.5. The van der Waals surface area contributed by atoms with E-state index in [0.717, 1.165) is 34.6 Å². The molecule has 4 heteroatoms. The van der Waals surface area contributed by atoms with Crippen molar-refractivity contribution in [3.63, 3.8) is 0 Å². The molecule has 0 saturated carbocycles. The molecule has 0 saturated heterocycles. The number of rotatable bonds is 3. The van der Waals surface area contributed by atoms with Gasteiger partial charge in [0, 0.05) is 23.6 Å². The topological polar surface area (TPSA) is 64.7 Å². The van der Waals surface area contributed by atoms with E-state index in [4.69, 9.17) is 15.2 Å². The molecule has 0 bridgehead atoms. The first-order chi connectivity index (χ1) is 8.06. The standard InChI is InChI=1S/C13H19NO3/c1-7-6-10-9(4-5-17-10)13(16-3)11(7)12(15)8(2)14/h6,8,12,15H,4-5,14H2,1-3H3. The predicted molar refractivity (Wildman–Crippen MR) is 65.5 cm³/mol. The van der Waals surface area contributed by atoms with E-state index in [2.05, 4.69) is 0 Å². The lowest BCUT2D eigenvalue weighted by Gasteiger charge is -2.22. The Morgan fingerprint density at radius 1 is 1.53 bits per heavy atom. The molecule has 4 nitrogen and oxygen atoms in total. The fourth-order valence-electron chi connectivity index (χ4n) is 2.31. The molecule has 3 N–H and O–H groups in total. The Hall–Kier alpha value is -1.26. The van der Waals surface area contributed by atoms with Crippen LogP contribution in [0.25, 0.3) is 0 Å². The average Bonchev–Trinajstić information content (AvgIpc) is 2.73. The summed E-state index contributed by atoms with van der Waals surface area (Å²) in [6, 6.07) is 1.62. The summed E-state index contributed by atoms with van der Waals surface area (Å²) in [6.45, 7) is 4.39. The van der Waals surface area contributed by atoms with Gasteiger partial charge in [-0.25, -0.2) is 0 Å². The second kappa shape index (κ2) is 4.55. The Morgan fingerprint density at radius 2 is 2.24 bits per heavy atom. The van der Waals surface area contributed by atoms with Gasteiger partial charge in [0.15, 0.2) is 0 Å². The van der Waals surface area contributed by atoms with Gasteiger partial charge in [0.2, 0.25) is 0 Å².